The minimum Gasteiger partial charge on any atom is -0.412 e. The van der Waals surface area contributed by atoms with Crippen molar-refractivity contribution in [3.8, 4) is 0 Å². The molecule has 1 heteroatoms. The Kier molecular flexibility index (Phi) is 5.83. The molecule has 0 aromatic rings. The van der Waals surface area contributed by atoms with E-state index in [0.29, 0.717) is 5.41 Å². The first kappa shape index (κ1) is 11.5. The van der Waals surface area contributed by atoms with Gasteiger partial charge in [0.25, 0.3) is 0 Å². The maximum absolute atomic E-state index is 3.69. The van der Waals surface area contributed by atoms with Crippen molar-refractivity contribution in [3.63, 3.8) is 0 Å². The molecule has 0 bridgehead atoms. The average Bonchev–Trinajstić information content (AvgIpc) is 1.67. The largest absolute Gasteiger partial charge is 0.412 e. The van der Waals surface area contributed by atoms with Gasteiger partial charge < -0.3 is 5.48 Å². The Bertz CT molecular complexity index is 74.6. The molecule has 0 aliphatic rings. The van der Waals surface area contributed by atoms with Gasteiger partial charge in [0.1, 0.15) is 0 Å². The quantitative estimate of drug-likeness (QED) is 0.524. The molecule has 1 nitrogen and oxygen atoms in total. The summed E-state index contributed by atoms with van der Waals surface area (Å²) in [6.45, 7) is 10.4. The number of hydrogen-bond acceptors (Lipinski definition) is 0. The summed E-state index contributed by atoms with van der Waals surface area (Å²) >= 11 is 0. The molecule has 0 radical (unpaired) electrons. The molecule has 0 spiro atoms. The standard InChI is InChI=1S/C8H16.H2O/c1-5-7-8(3,4)6-2;/h5H,1,6-7H2,2-4H3;1H2. The average molecular weight is 130 g/mol. The lowest BCUT2D eigenvalue weighted by Crippen LogP contribution is -2.06. The smallest absolute Gasteiger partial charge is 0.0302 e. The highest BCUT2D eigenvalue weighted by molar-refractivity contribution is 4.77. The molecule has 0 aliphatic carbocycles. The first-order valence-electron chi connectivity index (χ1n) is 3.23. The molecule has 0 unspecified atom stereocenters. The fourth-order valence-corrected chi connectivity index (χ4v) is 0.535. The molecular formula is C8H18O. The number of rotatable bonds is 3. The van der Waals surface area contributed by atoms with Gasteiger partial charge >= 0.3 is 0 Å². The summed E-state index contributed by atoms with van der Waals surface area (Å²) in [6, 6.07) is 0. The van der Waals surface area contributed by atoms with Crippen molar-refractivity contribution in [1.29, 1.82) is 0 Å². The molecular weight excluding hydrogens is 112 g/mol. The highest BCUT2D eigenvalue weighted by atomic mass is 16.0. The van der Waals surface area contributed by atoms with Crippen LogP contribution in [-0.4, -0.2) is 5.48 Å². The minimum atomic E-state index is 0. The molecule has 0 atom stereocenters. The van der Waals surface area contributed by atoms with Crippen LogP contribution in [0.15, 0.2) is 12.7 Å². The number of hydrogen-bond donors (Lipinski definition) is 0. The Morgan fingerprint density at radius 3 is 2.00 bits per heavy atom. The first-order valence-corrected chi connectivity index (χ1v) is 3.23. The van der Waals surface area contributed by atoms with Crippen molar-refractivity contribution >= 4 is 0 Å². The van der Waals surface area contributed by atoms with Crippen LogP contribution < -0.4 is 0 Å². The minimum absolute atomic E-state index is 0. The molecule has 0 rings (SSSR count). The van der Waals surface area contributed by atoms with Gasteiger partial charge in [-0.1, -0.05) is 33.3 Å². The molecule has 0 heterocycles. The van der Waals surface area contributed by atoms with Gasteiger partial charge in [-0.25, -0.2) is 0 Å². The van der Waals surface area contributed by atoms with Gasteiger partial charge in [-0.3, -0.25) is 0 Å². The zero-order chi connectivity index (χ0) is 6.62. The zero-order valence-electron chi connectivity index (χ0n) is 6.70. The van der Waals surface area contributed by atoms with Gasteiger partial charge in [0.2, 0.25) is 0 Å². The molecule has 56 valence electrons. The molecule has 2 N–H and O–H groups in total. The second kappa shape index (κ2) is 4.57. The predicted octanol–water partition coefficient (Wildman–Crippen LogP) is 2.17. The fourth-order valence-electron chi connectivity index (χ4n) is 0.535. The van der Waals surface area contributed by atoms with Crippen LogP contribution in [0.25, 0.3) is 0 Å². The topological polar surface area (TPSA) is 31.5 Å². The lowest BCUT2D eigenvalue weighted by atomic mass is 9.87. The summed E-state index contributed by atoms with van der Waals surface area (Å²) in [5, 5.41) is 0. The lowest BCUT2D eigenvalue weighted by molar-refractivity contribution is 0.357. The maximum atomic E-state index is 3.69. The third kappa shape index (κ3) is 5.57. The van der Waals surface area contributed by atoms with E-state index >= 15 is 0 Å². The summed E-state index contributed by atoms with van der Waals surface area (Å²) in [7, 11) is 0. The van der Waals surface area contributed by atoms with E-state index in [1.165, 1.54) is 6.42 Å². The first-order chi connectivity index (χ1) is 3.62. The Labute approximate surface area is 58.1 Å². The van der Waals surface area contributed by atoms with Crippen molar-refractivity contribution in [2.45, 2.75) is 33.6 Å². The van der Waals surface area contributed by atoms with E-state index in [1.807, 2.05) is 6.08 Å². The van der Waals surface area contributed by atoms with E-state index in [0.717, 1.165) is 6.42 Å². The van der Waals surface area contributed by atoms with Crippen LogP contribution in [0.1, 0.15) is 33.6 Å². The normalized spacial score (nSPS) is 10.1. The van der Waals surface area contributed by atoms with Crippen molar-refractivity contribution in [2.24, 2.45) is 5.41 Å². The Morgan fingerprint density at radius 2 is 1.89 bits per heavy atom. The second-order valence-electron chi connectivity index (χ2n) is 3.01. The molecule has 0 aromatic heterocycles. The highest BCUT2D eigenvalue weighted by Gasteiger charge is 2.10. The van der Waals surface area contributed by atoms with Crippen LogP contribution in [0.2, 0.25) is 0 Å². The van der Waals surface area contributed by atoms with Gasteiger partial charge in [0, 0.05) is 0 Å². The van der Waals surface area contributed by atoms with Gasteiger partial charge in [0.15, 0.2) is 0 Å². The van der Waals surface area contributed by atoms with Gasteiger partial charge in [-0.2, -0.15) is 0 Å². The summed E-state index contributed by atoms with van der Waals surface area (Å²) in [4.78, 5) is 0. The predicted molar refractivity (Wildman–Crippen MR) is 42.5 cm³/mol. The van der Waals surface area contributed by atoms with E-state index < -0.39 is 0 Å². The Morgan fingerprint density at radius 1 is 1.44 bits per heavy atom. The second-order valence-corrected chi connectivity index (χ2v) is 3.01. The van der Waals surface area contributed by atoms with E-state index in [4.69, 9.17) is 0 Å². The Hall–Kier alpha value is -0.300. The maximum Gasteiger partial charge on any atom is -0.0302 e. The highest BCUT2D eigenvalue weighted by Crippen LogP contribution is 2.23. The summed E-state index contributed by atoms with van der Waals surface area (Å²) in [5.41, 5.74) is 0.474. The van der Waals surface area contributed by atoms with Crippen LogP contribution in [0.4, 0.5) is 0 Å². The van der Waals surface area contributed by atoms with Crippen molar-refractivity contribution in [1.82, 2.24) is 0 Å². The molecule has 9 heavy (non-hydrogen) atoms. The van der Waals surface area contributed by atoms with Gasteiger partial charge in [-0.05, 0) is 11.8 Å². The van der Waals surface area contributed by atoms with E-state index in [-0.39, 0.29) is 5.48 Å². The van der Waals surface area contributed by atoms with Gasteiger partial charge in [0.05, 0.1) is 0 Å². The zero-order valence-corrected chi connectivity index (χ0v) is 6.70. The van der Waals surface area contributed by atoms with Crippen molar-refractivity contribution in [2.75, 3.05) is 0 Å². The Balaban J connectivity index is 0. The third-order valence-electron chi connectivity index (χ3n) is 1.65. The lowest BCUT2D eigenvalue weighted by Gasteiger charge is -2.19. The van der Waals surface area contributed by atoms with E-state index in [1.54, 1.807) is 0 Å². The molecule has 0 fully saturated rings. The van der Waals surface area contributed by atoms with E-state index in [2.05, 4.69) is 27.4 Å². The van der Waals surface area contributed by atoms with Gasteiger partial charge in [-0.15, -0.1) is 6.58 Å². The van der Waals surface area contributed by atoms with Crippen LogP contribution >= 0.6 is 0 Å². The summed E-state index contributed by atoms with van der Waals surface area (Å²) in [6.07, 6.45) is 4.35. The third-order valence-corrected chi connectivity index (χ3v) is 1.65. The molecule has 0 saturated carbocycles. The SMILES string of the molecule is C=CCC(C)(C)CC.O. The van der Waals surface area contributed by atoms with Crippen molar-refractivity contribution < 1.29 is 5.48 Å². The summed E-state index contributed by atoms with van der Waals surface area (Å²) in [5.74, 6) is 0. The molecule has 0 saturated heterocycles. The van der Waals surface area contributed by atoms with E-state index in [9.17, 15) is 0 Å². The van der Waals surface area contributed by atoms with Crippen molar-refractivity contribution in [3.05, 3.63) is 12.7 Å². The van der Waals surface area contributed by atoms with Crippen LogP contribution in [0.3, 0.4) is 0 Å². The van der Waals surface area contributed by atoms with Crippen LogP contribution in [0.5, 0.6) is 0 Å². The number of allylic oxidation sites excluding steroid dienone is 1. The van der Waals surface area contributed by atoms with Crippen LogP contribution in [0, 0.1) is 5.41 Å². The molecule has 0 aliphatic heterocycles. The molecule has 0 aromatic carbocycles. The summed E-state index contributed by atoms with van der Waals surface area (Å²) < 4.78 is 0. The monoisotopic (exact) mass is 130 g/mol. The van der Waals surface area contributed by atoms with Crippen LogP contribution in [-0.2, 0) is 0 Å². The fraction of sp³-hybridized carbons (Fsp3) is 0.750. The molecule has 0 amide bonds.